The molecule has 0 saturated carbocycles. The van der Waals surface area contributed by atoms with Crippen molar-refractivity contribution in [3.8, 4) is 0 Å². The zero-order chi connectivity index (χ0) is 11.7. The summed E-state index contributed by atoms with van der Waals surface area (Å²) < 4.78 is 5.61. The number of para-hydroxylation sites is 2. The van der Waals surface area contributed by atoms with E-state index in [-0.39, 0.29) is 6.10 Å². The van der Waals surface area contributed by atoms with Gasteiger partial charge in [0.25, 0.3) is 0 Å². The van der Waals surface area contributed by atoms with Crippen LogP contribution in [0.5, 0.6) is 0 Å². The van der Waals surface area contributed by atoms with Crippen molar-refractivity contribution in [2.24, 2.45) is 0 Å². The van der Waals surface area contributed by atoms with Crippen LogP contribution in [0.3, 0.4) is 0 Å². The van der Waals surface area contributed by atoms with Crippen molar-refractivity contribution in [3.05, 3.63) is 59.7 Å². The van der Waals surface area contributed by atoms with E-state index in [2.05, 4.69) is 47.8 Å². The molecule has 1 heterocycles. The fourth-order valence-electron chi connectivity index (χ4n) is 2.38. The number of fused-ring (bicyclic) bond motifs is 2. The monoisotopic (exact) mass is 225 g/mol. The molecular weight excluding hydrogens is 210 g/mol. The van der Waals surface area contributed by atoms with E-state index in [4.69, 9.17) is 4.74 Å². The Hall–Kier alpha value is -1.80. The quantitative estimate of drug-likeness (QED) is 0.799. The van der Waals surface area contributed by atoms with Gasteiger partial charge in [-0.05, 0) is 17.7 Å². The maximum absolute atomic E-state index is 5.61. The Bertz CT molecular complexity index is 536. The Kier molecular flexibility index (Phi) is 2.57. The second-order valence-corrected chi connectivity index (χ2v) is 4.30. The molecule has 0 amide bonds. The molecule has 0 aromatic heterocycles. The van der Waals surface area contributed by atoms with E-state index in [1.165, 1.54) is 16.8 Å². The van der Waals surface area contributed by atoms with Crippen LogP contribution in [0.1, 0.15) is 17.2 Å². The molecule has 0 bridgehead atoms. The first-order valence-electron chi connectivity index (χ1n) is 5.85. The number of ether oxygens (including phenoxy) is 1. The fourth-order valence-corrected chi connectivity index (χ4v) is 2.38. The molecule has 0 aliphatic carbocycles. The third kappa shape index (κ3) is 1.81. The second kappa shape index (κ2) is 4.22. The van der Waals surface area contributed by atoms with Crippen LogP contribution in [0.25, 0.3) is 0 Å². The number of hydrogen-bond donors (Lipinski definition) is 1. The average molecular weight is 225 g/mol. The molecule has 86 valence electrons. The van der Waals surface area contributed by atoms with Gasteiger partial charge in [-0.25, -0.2) is 0 Å². The summed E-state index contributed by atoms with van der Waals surface area (Å²) in [4.78, 5) is 0. The highest BCUT2D eigenvalue weighted by molar-refractivity contribution is 5.68. The lowest BCUT2D eigenvalue weighted by Crippen LogP contribution is -2.04. The van der Waals surface area contributed by atoms with Crippen molar-refractivity contribution < 1.29 is 4.74 Å². The van der Waals surface area contributed by atoms with Crippen LogP contribution >= 0.6 is 0 Å². The summed E-state index contributed by atoms with van der Waals surface area (Å²) in [6.07, 6.45) is 1.04. The van der Waals surface area contributed by atoms with Gasteiger partial charge in [0.1, 0.15) is 0 Å². The van der Waals surface area contributed by atoms with Gasteiger partial charge in [0, 0.05) is 30.5 Å². The van der Waals surface area contributed by atoms with Crippen LogP contribution in [-0.2, 0) is 11.2 Å². The lowest BCUT2D eigenvalue weighted by Gasteiger charge is -2.15. The minimum atomic E-state index is 0.127. The Balaban J connectivity index is 2.13. The van der Waals surface area contributed by atoms with Crippen LogP contribution in [-0.4, -0.2) is 7.11 Å². The lowest BCUT2D eigenvalue weighted by atomic mass is 10.0. The highest BCUT2D eigenvalue weighted by Crippen LogP contribution is 2.36. The van der Waals surface area contributed by atoms with Crippen molar-refractivity contribution in [1.29, 1.82) is 0 Å². The molecule has 3 rings (SSSR count). The summed E-state index contributed by atoms with van der Waals surface area (Å²) in [5.41, 5.74) is 4.85. The largest absolute Gasteiger partial charge is 0.376 e. The number of nitrogens with one attached hydrogen (secondary N) is 1. The Morgan fingerprint density at radius 1 is 1.00 bits per heavy atom. The van der Waals surface area contributed by atoms with E-state index < -0.39 is 0 Å². The maximum atomic E-state index is 5.61. The van der Waals surface area contributed by atoms with Crippen LogP contribution < -0.4 is 5.32 Å². The van der Waals surface area contributed by atoms with Gasteiger partial charge in [-0.3, -0.25) is 0 Å². The van der Waals surface area contributed by atoms with Gasteiger partial charge < -0.3 is 10.1 Å². The third-order valence-electron chi connectivity index (χ3n) is 3.28. The molecule has 1 unspecified atom stereocenters. The molecule has 0 fully saturated rings. The zero-order valence-corrected chi connectivity index (χ0v) is 9.81. The predicted octanol–water partition coefficient (Wildman–Crippen LogP) is 3.67. The summed E-state index contributed by atoms with van der Waals surface area (Å²) in [6.45, 7) is 0. The molecule has 0 saturated heterocycles. The van der Waals surface area contributed by atoms with Gasteiger partial charge in [0.15, 0.2) is 0 Å². The first-order chi connectivity index (χ1) is 8.38. The average Bonchev–Trinajstić information content (AvgIpc) is 2.54. The third-order valence-corrected chi connectivity index (χ3v) is 3.28. The number of hydrogen-bond acceptors (Lipinski definition) is 2. The first-order valence-corrected chi connectivity index (χ1v) is 5.85. The van der Waals surface area contributed by atoms with Gasteiger partial charge in [-0.1, -0.05) is 36.4 Å². The van der Waals surface area contributed by atoms with Crippen molar-refractivity contribution in [1.82, 2.24) is 0 Å². The summed E-state index contributed by atoms with van der Waals surface area (Å²) in [6, 6.07) is 16.7. The summed E-state index contributed by atoms with van der Waals surface area (Å²) in [7, 11) is 1.77. The SMILES string of the molecule is COC1Cc2ccccc2Nc2ccccc21. The molecule has 1 N–H and O–H groups in total. The van der Waals surface area contributed by atoms with Crippen molar-refractivity contribution in [3.63, 3.8) is 0 Å². The van der Waals surface area contributed by atoms with E-state index in [9.17, 15) is 0 Å². The van der Waals surface area contributed by atoms with Crippen LogP contribution in [0.2, 0.25) is 0 Å². The predicted molar refractivity (Wildman–Crippen MR) is 69.6 cm³/mol. The van der Waals surface area contributed by atoms with Gasteiger partial charge in [0.2, 0.25) is 0 Å². The van der Waals surface area contributed by atoms with E-state index in [0.29, 0.717) is 0 Å². The van der Waals surface area contributed by atoms with Crippen molar-refractivity contribution >= 4 is 11.4 Å². The summed E-state index contributed by atoms with van der Waals surface area (Å²) in [5.74, 6) is 0. The second-order valence-electron chi connectivity index (χ2n) is 4.30. The van der Waals surface area contributed by atoms with E-state index in [1.807, 2.05) is 6.07 Å². The Labute approximate surface area is 101 Å². The molecule has 0 spiro atoms. The van der Waals surface area contributed by atoms with E-state index in [1.54, 1.807) is 7.11 Å². The first kappa shape index (κ1) is 10.4. The fraction of sp³-hybridized carbons (Fsp3) is 0.200. The highest BCUT2D eigenvalue weighted by Gasteiger charge is 2.20. The standard InChI is InChI=1S/C15H15NO/c1-17-15-10-11-6-2-4-8-13(11)16-14-9-5-3-7-12(14)15/h2-9,15-16H,10H2,1H3. The molecule has 1 atom stereocenters. The van der Waals surface area contributed by atoms with Gasteiger partial charge in [-0.2, -0.15) is 0 Å². The van der Waals surface area contributed by atoms with Crippen molar-refractivity contribution in [2.45, 2.75) is 12.5 Å². The molecule has 1 aliphatic rings. The van der Waals surface area contributed by atoms with Crippen LogP contribution in [0.4, 0.5) is 11.4 Å². The molecular formula is C15H15NO. The molecule has 2 nitrogen and oxygen atoms in total. The smallest absolute Gasteiger partial charge is 0.0882 e. The normalized spacial score (nSPS) is 17.6. The number of anilines is 2. The van der Waals surface area contributed by atoms with Crippen molar-refractivity contribution in [2.75, 3.05) is 12.4 Å². The topological polar surface area (TPSA) is 21.3 Å². The lowest BCUT2D eigenvalue weighted by molar-refractivity contribution is 0.105. The number of methoxy groups -OCH3 is 1. The maximum Gasteiger partial charge on any atom is 0.0882 e. The molecule has 2 aromatic carbocycles. The summed E-state index contributed by atoms with van der Waals surface area (Å²) in [5, 5.41) is 3.49. The molecule has 2 heteroatoms. The minimum Gasteiger partial charge on any atom is -0.376 e. The number of benzene rings is 2. The van der Waals surface area contributed by atoms with Gasteiger partial charge in [-0.15, -0.1) is 0 Å². The molecule has 2 aromatic rings. The summed E-state index contributed by atoms with van der Waals surface area (Å²) >= 11 is 0. The highest BCUT2D eigenvalue weighted by atomic mass is 16.5. The van der Waals surface area contributed by atoms with Gasteiger partial charge in [0.05, 0.1) is 6.10 Å². The Morgan fingerprint density at radius 3 is 2.53 bits per heavy atom. The number of rotatable bonds is 1. The molecule has 17 heavy (non-hydrogen) atoms. The molecule has 0 radical (unpaired) electrons. The minimum absolute atomic E-state index is 0.127. The van der Waals surface area contributed by atoms with Crippen LogP contribution in [0, 0.1) is 0 Å². The van der Waals surface area contributed by atoms with E-state index in [0.717, 1.165) is 12.1 Å². The Morgan fingerprint density at radius 2 is 1.71 bits per heavy atom. The molecule has 1 aliphatic heterocycles. The zero-order valence-electron chi connectivity index (χ0n) is 9.81. The van der Waals surface area contributed by atoms with Gasteiger partial charge >= 0.3 is 0 Å². The van der Waals surface area contributed by atoms with E-state index >= 15 is 0 Å². The van der Waals surface area contributed by atoms with Crippen LogP contribution in [0.15, 0.2) is 48.5 Å².